The van der Waals surface area contributed by atoms with E-state index in [1.165, 1.54) is 0 Å². The lowest BCUT2D eigenvalue weighted by molar-refractivity contribution is -0.301. The van der Waals surface area contributed by atoms with Crippen LogP contribution in [0.25, 0.3) is 22.1 Å². The van der Waals surface area contributed by atoms with Crippen molar-refractivity contribution in [2.45, 2.75) is 5.16 Å². The number of aromatic amines is 1. The highest BCUT2D eigenvalue weighted by Gasteiger charge is 2.08. The van der Waals surface area contributed by atoms with E-state index in [1.54, 1.807) is 0 Å². The van der Waals surface area contributed by atoms with Crippen LogP contribution in [-0.4, -0.2) is 31.9 Å². The third-order valence-electron chi connectivity index (χ3n) is 2.42. The summed E-state index contributed by atoms with van der Waals surface area (Å²) in [6.07, 6.45) is 0. The number of hydrogen-bond donors (Lipinski definition) is 1. The normalized spacial score (nSPS) is 11.1. The number of carbonyl (C=O) groups is 1. The third kappa shape index (κ3) is 1.88. The summed E-state index contributed by atoms with van der Waals surface area (Å²) in [6, 6.07) is 7.68. The van der Waals surface area contributed by atoms with Crippen LogP contribution in [-0.2, 0) is 4.79 Å². The average Bonchev–Trinajstić information content (AvgIpc) is 2.73. The van der Waals surface area contributed by atoms with Gasteiger partial charge < -0.3 is 14.9 Å². The van der Waals surface area contributed by atoms with Crippen molar-refractivity contribution in [1.82, 2.24) is 20.2 Å². The predicted molar refractivity (Wildman–Crippen MR) is 64.9 cm³/mol. The second-order valence-corrected chi connectivity index (χ2v) is 4.57. The van der Waals surface area contributed by atoms with E-state index in [1.807, 2.05) is 24.3 Å². The molecule has 0 aliphatic rings. The van der Waals surface area contributed by atoms with Gasteiger partial charge in [-0.1, -0.05) is 30.0 Å². The number of thioether (sulfide) groups is 1. The maximum absolute atomic E-state index is 10.4. The number of para-hydroxylation sites is 1. The summed E-state index contributed by atoms with van der Waals surface area (Å²) < 4.78 is 0. The van der Waals surface area contributed by atoms with Gasteiger partial charge in [-0.15, -0.1) is 10.2 Å². The Balaban J connectivity index is 2.07. The number of benzene rings is 1. The molecule has 3 rings (SSSR count). The third-order valence-corrected chi connectivity index (χ3v) is 3.23. The molecule has 18 heavy (non-hydrogen) atoms. The number of nitrogens with zero attached hydrogens (tertiary/aromatic N) is 3. The molecule has 2 heterocycles. The van der Waals surface area contributed by atoms with E-state index in [4.69, 9.17) is 0 Å². The first-order valence-corrected chi connectivity index (χ1v) is 6.16. The molecule has 0 saturated heterocycles. The van der Waals surface area contributed by atoms with Crippen LogP contribution < -0.4 is 5.11 Å². The second kappa shape index (κ2) is 4.26. The first-order chi connectivity index (χ1) is 8.74. The Morgan fingerprint density at radius 1 is 1.33 bits per heavy atom. The topological polar surface area (TPSA) is 94.6 Å². The molecule has 0 amide bonds. The molecule has 2 aromatic heterocycles. The minimum atomic E-state index is -1.15. The summed E-state index contributed by atoms with van der Waals surface area (Å²) in [5.41, 5.74) is 2.21. The zero-order valence-corrected chi connectivity index (χ0v) is 9.90. The maximum atomic E-state index is 10.4. The smallest absolute Gasteiger partial charge is 0.211 e. The minimum Gasteiger partial charge on any atom is -0.549 e. The van der Waals surface area contributed by atoms with Crippen LogP contribution in [0.2, 0.25) is 0 Å². The van der Waals surface area contributed by atoms with Crippen molar-refractivity contribution in [3.8, 4) is 0 Å². The van der Waals surface area contributed by atoms with Gasteiger partial charge in [0.15, 0.2) is 5.65 Å². The number of hydrogen-bond acceptors (Lipinski definition) is 6. The molecule has 1 aromatic carbocycles. The lowest BCUT2D eigenvalue weighted by atomic mass is 10.2. The number of carbonyl (C=O) groups excluding carboxylic acids is 1. The van der Waals surface area contributed by atoms with E-state index in [2.05, 4.69) is 20.2 Å². The van der Waals surface area contributed by atoms with Crippen LogP contribution in [0.5, 0.6) is 0 Å². The molecule has 0 spiro atoms. The van der Waals surface area contributed by atoms with Gasteiger partial charge in [0.2, 0.25) is 5.16 Å². The summed E-state index contributed by atoms with van der Waals surface area (Å²) in [4.78, 5) is 17.7. The van der Waals surface area contributed by atoms with Crippen LogP contribution in [0.4, 0.5) is 0 Å². The van der Waals surface area contributed by atoms with Crippen molar-refractivity contribution in [2.75, 3.05) is 5.75 Å². The summed E-state index contributed by atoms with van der Waals surface area (Å²) in [5.74, 6) is -1.34. The van der Waals surface area contributed by atoms with Crippen molar-refractivity contribution < 1.29 is 9.90 Å². The number of nitrogens with one attached hydrogen (secondary N) is 1. The van der Waals surface area contributed by atoms with Crippen molar-refractivity contribution in [2.24, 2.45) is 0 Å². The van der Waals surface area contributed by atoms with Crippen LogP contribution in [0.15, 0.2) is 29.4 Å². The van der Waals surface area contributed by atoms with Gasteiger partial charge in [0, 0.05) is 16.7 Å². The summed E-state index contributed by atoms with van der Waals surface area (Å²) in [5, 5.41) is 19.6. The van der Waals surface area contributed by atoms with E-state index >= 15 is 0 Å². The molecule has 0 fully saturated rings. The van der Waals surface area contributed by atoms with Gasteiger partial charge in [0.25, 0.3) is 0 Å². The van der Waals surface area contributed by atoms with Crippen LogP contribution >= 0.6 is 11.8 Å². The molecule has 0 atom stereocenters. The van der Waals surface area contributed by atoms with E-state index in [0.29, 0.717) is 16.3 Å². The molecular formula is C11H7N4O2S-. The molecular weight excluding hydrogens is 252 g/mol. The Kier molecular flexibility index (Phi) is 2.60. The van der Waals surface area contributed by atoms with Crippen LogP contribution in [0.1, 0.15) is 0 Å². The number of aromatic nitrogens is 4. The van der Waals surface area contributed by atoms with Gasteiger partial charge in [0.05, 0.1) is 5.97 Å². The van der Waals surface area contributed by atoms with E-state index in [9.17, 15) is 9.90 Å². The van der Waals surface area contributed by atoms with Gasteiger partial charge in [-0.05, 0) is 6.07 Å². The second-order valence-electron chi connectivity index (χ2n) is 3.62. The molecule has 3 aromatic rings. The highest BCUT2D eigenvalue weighted by Crippen LogP contribution is 2.22. The standard InChI is InChI=1S/C11H8N4O2S/c16-8(17)5-18-11-13-10-9(14-15-11)6-3-1-2-4-7(6)12-10/h1-4H,5H2,(H,16,17)(H,12,13,15)/p-1. The number of H-pyrrole nitrogens is 1. The molecule has 0 aliphatic heterocycles. The number of carboxylic acids is 1. The Bertz CT molecular complexity index is 740. The Hall–Kier alpha value is -2.15. The van der Waals surface area contributed by atoms with Crippen molar-refractivity contribution in [1.29, 1.82) is 0 Å². The van der Waals surface area contributed by atoms with Gasteiger partial charge in [-0.3, -0.25) is 0 Å². The highest BCUT2D eigenvalue weighted by atomic mass is 32.2. The van der Waals surface area contributed by atoms with E-state index in [-0.39, 0.29) is 5.75 Å². The lowest BCUT2D eigenvalue weighted by Crippen LogP contribution is -2.24. The molecule has 0 unspecified atom stereocenters. The van der Waals surface area contributed by atoms with Crippen molar-refractivity contribution in [3.05, 3.63) is 24.3 Å². The Labute approximate surface area is 105 Å². The van der Waals surface area contributed by atoms with Gasteiger partial charge in [0.1, 0.15) is 5.52 Å². The lowest BCUT2D eigenvalue weighted by Gasteiger charge is -1.99. The highest BCUT2D eigenvalue weighted by molar-refractivity contribution is 7.99. The van der Waals surface area contributed by atoms with Crippen molar-refractivity contribution >= 4 is 39.8 Å². The first-order valence-electron chi connectivity index (χ1n) is 5.18. The molecule has 0 radical (unpaired) electrons. The first kappa shape index (κ1) is 11.0. The Morgan fingerprint density at radius 2 is 2.17 bits per heavy atom. The molecule has 0 aliphatic carbocycles. The maximum Gasteiger partial charge on any atom is 0.211 e. The zero-order valence-electron chi connectivity index (χ0n) is 9.08. The largest absolute Gasteiger partial charge is 0.549 e. The molecule has 1 N–H and O–H groups in total. The number of fused-ring (bicyclic) bond motifs is 3. The van der Waals surface area contributed by atoms with Gasteiger partial charge in [-0.25, -0.2) is 4.98 Å². The monoisotopic (exact) mass is 259 g/mol. The van der Waals surface area contributed by atoms with Gasteiger partial charge >= 0.3 is 0 Å². The van der Waals surface area contributed by atoms with Crippen LogP contribution in [0, 0.1) is 0 Å². The fourth-order valence-corrected chi connectivity index (χ4v) is 2.19. The molecule has 7 heteroatoms. The molecule has 0 bridgehead atoms. The van der Waals surface area contributed by atoms with Gasteiger partial charge in [-0.2, -0.15) is 0 Å². The van der Waals surface area contributed by atoms with Crippen LogP contribution in [0.3, 0.4) is 0 Å². The number of rotatable bonds is 3. The fourth-order valence-electron chi connectivity index (χ4n) is 1.69. The summed E-state index contributed by atoms with van der Waals surface area (Å²) >= 11 is 0.987. The zero-order chi connectivity index (χ0) is 12.5. The minimum absolute atomic E-state index is 0.187. The molecule has 0 saturated carbocycles. The molecule has 90 valence electrons. The summed E-state index contributed by atoms with van der Waals surface area (Å²) in [7, 11) is 0. The SMILES string of the molecule is O=C([O-])CSc1nnc2c(n1)[nH]c1ccccc12. The average molecular weight is 259 g/mol. The quantitative estimate of drug-likeness (QED) is 0.682. The van der Waals surface area contributed by atoms with E-state index < -0.39 is 5.97 Å². The Morgan fingerprint density at radius 3 is 3.00 bits per heavy atom. The van der Waals surface area contributed by atoms with Crippen molar-refractivity contribution in [3.63, 3.8) is 0 Å². The fraction of sp³-hybridized carbons (Fsp3) is 0.0909. The molecule has 6 nitrogen and oxygen atoms in total. The number of carboxylic acid groups (broad SMARTS) is 1. The summed E-state index contributed by atoms with van der Waals surface area (Å²) in [6.45, 7) is 0. The predicted octanol–water partition coefficient (Wildman–Crippen LogP) is 0.348. The number of aliphatic carboxylic acids is 1. The van der Waals surface area contributed by atoms with E-state index in [0.717, 1.165) is 22.7 Å².